The van der Waals surface area contributed by atoms with Crippen LogP contribution in [0.25, 0.3) is 0 Å². The van der Waals surface area contributed by atoms with Crippen LogP contribution in [0.15, 0.2) is 10.6 Å². The fourth-order valence-electron chi connectivity index (χ4n) is 0.423. The van der Waals surface area contributed by atoms with E-state index in [0.717, 1.165) is 0 Å². The van der Waals surface area contributed by atoms with Crippen LogP contribution in [0.5, 0.6) is 5.88 Å². The standard InChI is InChI=1S/C4H7N3O2/c1-8-4-2-3(6-5)9-7-4/h2,6H,5H2,1H3. The summed E-state index contributed by atoms with van der Waals surface area (Å²) in [5.41, 5.74) is 2.27. The fraction of sp³-hybridized carbons (Fsp3) is 0.250. The number of anilines is 1. The Morgan fingerprint density at radius 2 is 2.67 bits per heavy atom. The van der Waals surface area contributed by atoms with Gasteiger partial charge in [0.15, 0.2) is 0 Å². The van der Waals surface area contributed by atoms with Gasteiger partial charge in [-0.25, -0.2) is 5.84 Å². The van der Waals surface area contributed by atoms with E-state index in [1.165, 1.54) is 7.11 Å². The average Bonchev–Trinajstić information content (AvgIpc) is 2.34. The predicted octanol–water partition coefficient (Wildman–Crippen LogP) is -0.0312. The number of hydrazine groups is 1. The van der Waals surface area contributed by atoms with E-state index in [-0.39, 0.29) is 0 Å². The molecule has 0 atom stereocenters. The van der Waals surface area contributed by atoms with E-state index < -0.39 is 0 Å². The van der Waals surface area contributed by atoms with Gasteiger partial charge < -0.3 is 9.26 Å². The minimum atomic E-state index is 0.381. The zero-order valence-electron chi connectivity index (χ0n) is 4.92. The van der Waals surface area contributed by atoms with Gasteiger partial charge in [-0.05, 0) is 5.16 Å². The highest BCUT2D eigenvalue weighted by molar-refractivity contribution is 5.31. The maximum atomic E-state index is 4.98. The molecule has 0 amide bonds. The van der Waals surface area contributed by atoms with Gasteiger partial charge in [0.05, 0.1) is 13.2 Å². The Balaban J connectivity index is 2.74. The number of nitrogens with one attached hydrogen (secondary N) is 1. The predicted molar refractivity (Wildman–Crippen MR) is 30.9 cm³/mol. The topological polar surface area (TPSA) is 73.3 Å². The molecule has 1 aromatic heterocycles. The molecule has 3 N–H and O–H groups in total. The van der Waals surface area contributed by atoms with Crippen LogP contribution >= 0.6 is 0 Å². The average molecular weight is 129 g/mol. The number of methoxy groups -OCH3 is 1. The monoisotopic (exact) mass is 129 g/mol. The van der Waals surface area contributed by atoms with Gasteiger partial charge in [0.25, 0.3) is 5.88 Å². The van der Waals surface area contributed by atoms with Crippen molar-refractivity contribution in [3.05, 3.63) is 6.07 Å². The number of aromatic nitrogens is 1. The number of nitrogens with zero attached hydrogens (tertiary/aromatic N) is 1. The molecule has 5 nitrogen and oxygen atoms in total. The van der Waals surface area contributed by atoms with Crippen molar-refractivity contribution >= 4 is 5.88 Å². The van der Waals surface area contributed by atoms with E-state index in [4.69, 9.17) is 10.6 Å². The van der Waals surface area contributed by atoms with Crippen molar-refractivity contribution in [2.45, 2.75) is 0 Å². The van der Waals surface area contributed by atoms with Crippen molar-refractivity contribution in [2.24, 2.45) is 5.84 Å². The third-order valence-corrected chi connectivity index (χ3v) is 0.840. The second-order valence-electron chi connectivity index (χ2n) is 1.38. The molecule has 0 saturated carbocycles. The number of hydrogen-bond acceptors (Lipinski definition) is 5. The van der Waals surface area contributed by atoms with Gasteiger partial charge in [-0.15, -0.1) is 0 Å². The molecule has 1 rings (SSSR count). The quantitative estimate of drug-likeness (QED) is 0.433. The van der Waals surface area contributed by atoms with Crippen LogP contribution in [0, 0.1) is 0 Å². The number of nitrogen functional groups attached to an aromatic ring is 1. The summed E-state index contributed by atoms with van der Waals surface area (Å²) in [5, 5.41) is 3.47. The Bertz CT molecular complexity index is 167. The summed E-state index contributed by atoms with van der Waals surface area (Å²) in [4.78, 5) is 0. The number of nitrogens with two attached hydrogens (primary N) is 1. The Morgan fingerprint density at radius 3 is 3.00 bits per heavy atom. The second kappa shape index (κ2) is 2.36. The molecule has 5 heteroatoms. The molecule has 0 aliphatic rings. The first kappa shape index (κ1) is 5.90. The van der Waals surface area contributed by atoms with Crippen LogP contribution < -0.4 is 16.0 Å². The molecule has 0 aliphatic carbocycles. The normalized spacial score (nSPS) is 9.11. The van der Waals surface area contributed by atoms with Gasteiger partial charge >= 0.3 is 0 Å². The lowest BCUT2D eigenvalue weighted by molar-refractivity contribution is 0.343. The highest BCUT2D eigenvalue weighted by Gasteiger charge is 1.98. The molecule has 0 fully saturated rings. The van der Waals surface area contributed by atoms with Gasteiger partial charge in [0.2, 0.25) is 5.88 Å². The van der Waals surface area contributed by atoms with E-state index in [0.29, 0.717) is 11.8 Å². The minimum Gasteiger partial charge on any atom is -0.479 e. The lowest BCUT2D eigenvalue weighted by Gasteiger charge is -1.85. The lowest BCUT2D eigenvalue weighted by Crippen LogP contribution is -2.04. The summed E-state index contributed by atoms with van der Waals surface area (Å²) in [6.07, 6.45) is 0. The Hall–Kier alpha value is -1.23. The molecule has 0 unspecified atom stereocenters. The highest BCUT2D eigenvalue weighted by atomic mass is 16.5. The summed E-state index contributed by atoms with van der Waals surface area (Å²) in [6, 6.07) is 1.54. The van der Waals surface area contributed by atoms with E-state index in [9.17, 15) is 0 Å². The van der Waals surface area contributed by atoms with Gasteiger partial charge in [-0.1, -0.05) is 0 Å². The van der Waals surface area contributed by atoms with Gasteiger partial charge in [-0.3, -0.25) is 5.43 Å². The zero-order chi connectivity index (χ0) is 6.69. The van der Waals surface area contributed by atoms with Gasteiger partial charge in [-0.2, -0.15) is 0 Å². The summed E-state index contributed by atoms with van der Waals surface area (Å²) >= 11 is 0. The van der Waals surface area contributed by atoms with Crippen LogP contribution in [0.4, 0.5) is 5.88 Å². The number of hydrogen-bond donors (Lipinski definition) is 2. The molecular formula is C4H7N3O2. The van der Waals surface area contributed by atoms with Crippen LogP contribution in [0.1, 0.15) is 0 Å². The Morgan fingerprint density at radius 1 is 1.89 bits per heavy atom. The van der Waals surface area contributed by atoms with Crippen molar-refractivity contribution in [2.75, 3.05) is 12.5 Å². The molecule has 0 aromatic carbocycles. The van der Waals surface area contributed by atoms with E-state index in [1.54, 1.807) is 6.07 Å². The third-order valence-electron chi connectivity index (χ3n) is 0.840. The van der Waals surface area contributed by atoms with Crippen LogP contribution in [0.3, 0.4) is 0 Å². The zero-order valence-corrected chi connectivity index (χ0v) is 4.92. The molecule has 1 aromatic rings. The maximum Gasteiger partial charge on any atom is 0.256 e. The molecule has 0 bridgehead atoms. The first-order valence-corrected chi connectivity index (χ1v) is 2.34. The first-order chi connectivity index (χ1) is 4.36. The van der Waals surface area contributed by atoms with Crippen molar-refractivity contribution in [1.82, 2.24) is 5.16 Å². The molecule has 0 radical (unpaired) electrons. The van der Waals surface area contributed by atoms with Crippen LogP contribution in [-0.4, -0.2) is 12.3 Å². The molecule has 1 heterocycles. The van der Waals surface area contributed by atoms with Crippen molar-refractivity contribution < 1.29 is 9.26 Å². The summed E-state index contributed by atoms with van der Waals surface area (Å²) < 4.78 is 9.29. The van der Waals surface area contributed by atoms with Crippen LogP contribution in [-0.2, 0) is 0 Å². The molecule has 0 saturated heterocycles. The largest absolute Gasteiger partial charge is 0.479 e. The fourth-order valence-corrected chi connectivity index (χ4v) is 0.423. The van der Waals surface area contributed by atoms with Crippen molar-refractivity contribution in [3.63, 3.8) is 0 Å². The van der Waals surface area contributed by atoms with E-state index in [2.05, 4.69) is 15.1 Å². The molecule has 50 valence electrons. The van der Waals surface area contributed by atoms with E-state index in [1.807, 2.05) is 0 Å². The summed E-state index contributed by atoms with van der Waals surface area (Å²) in [6.45, 7) is 0. The lowest BCUT2D eigenvalue weighted by atomic mass is 10.6. The van der Waals surface area contributed by atoms with Crippen molar-refractivity contribution in [3.8, 4) is 5.88 Å². The molecule has 0 aliphatic heterocycles. The smallest absolute Gasteiger partial charge is 0.256 e. The van der Waals surface area contributed by atoms with Crippen LogP contribution in [0.2, 0.25) is 0 Å². The Labute approximate surface area is 51.7 Å². The van der Waals surface area contributed by atoms with E-state index >= 15 is 0 Å². The van der Waals surface area contributed by atoms with Gasteiger partial charge in [0, 0.05) is 0 Å². The third kappa shape index (κ3) is 1.11. The second-order valence-corrected chi connectivity index (χ2v) is 1.38. The Kier molecular flexibility index (Phi) is 1.55. The molecule has 0 spiro atoms. The molecular weight excluding hydrogens is 122 g/mol. The summed E-state index contributed by atoms with van der Waals surface area (Å²) in [7, 11) is 1.50. The highest BCUT2D eigenvalue weighted by Crippen LogP contribution is 2.13. The summed E-state index contributed by atoms with van der Waals surface area (Å²) in [5.74, 6) is 5.77. The number of rotatable bonds is 2. The minimum absolute atomic E-state index is 0.381. The first-order valence-electron chi connectivity index (χ1n) is 2.34. The SMILES string of the molecule is COc1cc(NN)on1. The van der Waals surface area contributed by atoms with Gasteiger partial charge in [0.1, 0.15) is 0 Å². The van der Waals surface area contributed by atoms with Crippen molar-refractivity contribution in [1.29, 1.82) is 0 Å². The molecule has 9 heavy (non-hydrogen) atoms. The maximum absolute atomic E-state index is 4.98. The number of ether oxygens (including phenoxy) is 1.